The highest BCUT2D eigenvalue weighted by molar-refractivity contribution is 6.34. The second kappa shape index (κ2) is 6.14. The third-order valence-electron chi connectivity index (χ3n) is 4.26. The number of ether oxygens (including phenoxy) is 1. The molecule has 0 saturated heterocycles. The van der Waals surface area contributed by atoms with E-state index in [1.807, 2.05) is 0 Å². The molecule has 2 atom stereocenters. The van der Waals surface area contributed by atoms with Gasteiger partial charge in [0.05, 0.1) is 16.4 Å². The summed E-state index contributed by atoms with van der Waals surface area (Å²) in [5.74, 6) is 0.373. The highest BCUT2D eigenvalue weighted by Crippen LogP contribution is 2.37. The van der Waals surface area contributed by atoms with Gasteiger partial charge in [0.1, 0.15) is 5.75 Å². The molecule has 1 aromatic rings. The number of benzene rings is 1. The summed E-state index contributed by atoms with van der Waals surface area (Å²) in [6.45, 7) is 0.477. The largest absolute Gasteiger partial charge is 0.482 e. The van der Waals surface area contributed by atoms with Crippen molar-refractivity contribution in [2.45, 2.75) is 19.3 Å². The number of halogens is 1. The molecule has 1 saturated carbocycles. The molecule has 1 aromatic carbocycles. The fourth-order valence-corrected chi connectivity index (χ4v) is 3.30. The van der Waals surface area contributed by atoms with Gasteiger partial charge in [-0.15, -0.1) is 0 Å². The predicted octanol–water partition coefficient (Wildman–Crippen LogP) is 1.98. The minimum Gasteiger partial charge on any atom is -0.482 e. The average molecular weight is 324 g/mol. The van der Waals surface area contributed by atoms with Crippen molar-refractivity contribution >= 4 is 34.8 Å². The number of nitrogens with one attached hydrogen (secondary N) is 2. The van der Waals surface area contributed by atoms with Gasteiger partial charge in [0, 0.05) is 12.0 Å². The first-order valence-electron chi connectivity index (χ1n) is 7.35. The van der Waals surface area contributed by atoms with Gasteiger partial charge in [-0.3, -0.25) is 9.59 Å². The number of anilines is 2. The van der Waals surface area contributed by atoms with Crippen LogP contribution in [0.15, 0.2) is 12.1 Å². The van der Waals surface area contributed by atoms with E-state index >= 15 is 0 Å². The zero-order valence-electron chi connectivity index (χ0n) is 12.0. The van der Waals surface area contributed by atoms with Crippen LogP contribution in [-0.4, -0.2) is 25.0 Å². The van der Waals surface area contributed by atoms with Crippen LogP contribution in [0.4, 0.5) is 11.4 Å². The lowest BCUT2D eigenvalue weighted by atomic mass is 9.95. The summed E-state index contributed by atoms with van der Waals surface area (Å²) in [5, 5.41) is 5.89. The van der Waals surface area contributed by atoms with E-state index in [0.29, 0.717) is 28.7 Å². The molecule has 4 N–H and O–H groups in total. The fraction of sp³-hybridized carbons (Fsp3) is 0.467. The molecule has 1 aliphatic heterocycles. The van der Waals surface area contributed by atoms with Gasteiger partial charge in [-0.1, -0.05) is 18.0 Å². The fourth-order valence-electron chi connectivity index (χ4n) is 3.09. The van der Waals surface area contributed by atoms with Crippen LogP contribution in [0.1, 0.15) is 19.3 Å². The summed E-state index contributed by atoms with van der Waals surface area (Å²) in [4.78, 5) is 23.7. The molecule has 0 spiro atoms. The molecule has 2 aliphatic rings. The summed E-state index contributed by atoms with van der Waals surface area (Å²) in [6.07, 6.45) is 2.86. The smallest absolute Gasteiger partial charge is 0.262 e. The van der Waals surface area contributed by atoms with Crippen molar-refractivity contribution in [3.63, 3.8) is 0 Å². The van der Waals surface area contributed by atoms with Gasteiger partial charge in [0.2, 0.25) is 5.91 Å². The predicted molar refractivity (Wildman–Crippen MR) is 84.1 cm³/mol. The Bertz CT molecular complexity index is 620. The van der Waals surface area contributed by atoms with E-state index in [0.717, 1.165) is 19.3 Å². The molecular formula is C15H18ClN3O3. The first-order chi connectivity index (χ1) is 10.6. The van der Waals surface area contributed by atoms with Crippen molar-refractivity contribution in [3.05, 3.63) is 17.2 Å². The van der Waals surface area contributed by atoms with E-state index in [1.54, 1.807) is 12.1 Å². The van der Waals surface area contributed by atoms with Crippen molar-refractivity contribution in [3.8, 4) is 5.75 Å². The van der Waals surface area contributed by atoms with Crippen molar-refractivity contribution in [1.82, 2.24) is 0 Å². The third-order valence-corrected chi connectivity index (χ3v) is 4.57. The number of carbonyl (C=O) groups excluding carboxylic acids is 2. The molecule has 0 unspecified atom stereocenters. The Hall–Kier alpha value is -1.79. The lowest BCUT2D eigenvalue weighted by Gasteiger charge is -2.21. The second-order valence-electron chi connectivity index (χ2n) is 5.69. The normalized spacial score (nSPS) is 23.5. The van der Waals surface area contributed by atoms with Crippen LogP contribution in [0.25, 0.3) is 0 Å². The zero-order chi connectivity index (χ0) is 15.7. The van der Waals surface area contributed by atoms with Crippen LogP contribution < -0.4 is 21.1 Å². The van der Waals surface area contributed by atoms with Gasteiger partial charge in [-0.25, -0.2) is 0 Å². The molecule has 1 heterocycles. The van der Waals surface area contributed by atoms with Crippen molar-refractivity contribution in [2.75, 3.05) is 23.8 Å². The molecule has 0 radical (unpaired) electrons. The maximum atomic E-state index is 12.4. The van der Waals surface area contributed by atoms with Gasteiger partial charge in [-0.05, 0) is 31.4 Å². The minimum atomic E-state index is -0.225. The van der Waals surface area contributed by atoms with Gasteiger partial charge >= 0.3 is 0 Å². The quantitative estimate of drug-likeness (QED) is 0.793. The lowest BCUT2D eigenvalue weighted by Crippen LogP contribution is -2.30. The number of fused-ring (bicyclic) bond motifs is 1. The van der Waals surface area contributed by atoms with Gasteiger partial charge in [-0.2, -0.15) is 0 Å². The van der Waals surface area contributed by atoms with Crippen LogP contribution >= 0.6 is 11.6 Å². The molecule has 1 aliphatic carbocycles. The summed E-state index contributed by atoms with van der Waals surface area (Å²) < 4.78 is 5.34. The van der Waals surface area contributed by atoms with E-state index in [2.05, 4.69) is 10.6 Å². The number of nitrogens with two attached hydrogens (primary N) is 1. The number of hydrogen-bond donors (Lipinski definition) is 3. The summed E-state index contributed by atoms with van der Waals surface area (Å²) >= 11 is 6.18. The Kier molecular flexibility index (Phi) is 4.22. The van der Waals surface area contributed by atoms with Crippen LogP contribution in [-0.2, 0) is 9.59 Å². The van der Waals surface area contributed by atoms with Crippen molar-refractivity contribution in [2.24, 2.45) is 17.6 Å². The maximum Gasteiger partial charge on any atom is 0.262 e. The van der Waals surface area contributed by atoms with Crippen LogP contribution in [0, 0.1) is 11.8 Å². The highest BCUT2D eigenvalue weighted by atomic mass is 35.5. The SMILES string of the molecule is NC[C@H]1CCC[C@H]1C(=O)Nc1cc2c(cc1Cl)NC(=O)CO2. The second-order valence-corrected chi connectivity index (χ2v) is 6.09. The van der Waals surface area contributed by atoms with E-state index < -0.39 is 0 Å². The summed E-state index contributed by atoms with van der Waals surface area (Å²) in [5.41, 5.74) is 6.73. The molecule has 22 heavy (non-hydrogen) atoms. The number of carbonyl (C=O) groups is 2. The molecule has 0 bridgehead atoms. The van der Waals surface area contributed by atoms with E-state index in [4.69, 9.17) is 22.1 Å². The maximum absolute atomic E-state index is 12.4. The number of hydrogen-bond acceptors (Lipinski definition) is 4. The highest BCUT2D eigenvalue weighted by Gasteiger charge is 2.32. The van der Waals surface area contributed by atoms with Crippen molar-refractivity contribution in [1.29, 1.82) is 0 Å². The van der Waals surface area contributed by atoms with Gasteiger partial charge in [0.25, 0.3) is 5.91 Å². The Balaban J connectivity index is 1.78. The van der Waals surface area contributed by atoms with Crippen molar-refractivity contribution < 1.29 is 14.3 Å². The topological polar surface area (TPSA) is 93.5 Å². The van der Waals surface area contributed by atoms with E-state index in [9.17, 15) is 9.59 Å². The summed E-state index contributed by atoms with van der Waals surface area (Å²) in [7, 11) is 0. The third kappa shape index (κ3) is 2.89. The first-order valence-corrected chi connectivity index (χ1v) is 7.73. The zero-order valence-corrected chi connectivity index (χ0v) is 12.8. The molecule has 118 valence electrons. The first kappa shape index (κ1) is 15.1. The average Bonchev–Trinajstić information content (AvgIpc) is 2.97. The van der Waals surface area contributed by atoms with Crippen LogP contribution in [0.3, 0.4) is 0 Å². The van der Waals surface area contributed by atoms with Crippen LogP contribution in [0.2, 0.25) is 5.02 Å². The van der Waals surface area contributed by atoms with Gasteiger partial charge in [0.15, 0.2) is 6.61 Å². The molecule has 6 nitrogen and oxygen atoms in total. The van der Waals surface area contributed by atoms with E-state index in [-0.39, 0.29) is 30.3 Å². The minimum absolute atomic E-state index is 0.0418. The van der Waals surface area contributed by atoms with Crippen LogP contribution in [0.5, 0.6) is 5.75 Å². The molecule has 1 fully saturated rings. The molecular weight excluding hydrogens is 306 g/mol. The molecule has 0 aromatic heterocycles. The molecule has 2 amide bonds. The standard InChI is InChI=1S/C15H18ClN3O3/c16-10-4-12-13(22-7-14(20)18-12)5-11(10)19-15(21)9-3-1-2-8(9)6-17/h4-5,8-9H,1-3,6-7,17H2,(H,18,20)(H,19,21)/t8-,9-/m1/s1. The van der Waals surface area contributed by atoms with E-state index in [1.165, 1.54) is 0 Å². The molecule has 3 rings (SSSR count). The number of amides is 2. The summed E-state index contributed by atoms with van der Waals surface area (Å²) in [6, 6.07) is 3.22. The lowest BCUT2D eigenvalue weighted by molar-refractivity contribution is -0.121. The Morgan fingerprint density at radius 3 is 3.05 bits per heavy atom. The Morgan fingerprint density at radius 2 is 2.27 bits per heavy atom. The Morgan fingerprint density at radius 1 is 1.45 bits per heavy atom. The monoisotopic (exact) mass is 323 g/mol. The molecule has 7 heteroatoms. The Labute approximate surface area is 133 Å². The van der Waals surface area contributed by atoms with Gasteiger partial charge < -0.3 is 21.1 Å². The number of rotatable bonds is 3.